The molecule has 1 heterocycles. The largest absolute Gasteiger partial charge is 0.493 e. The van der Waals surface area contributed by atoms with Gasteiger partial charge in [-0.3, -0.25) is 4.79 Å². The smallest absolute Gasteiger partial charge is 0.254 e. The van der Waals surface area contributed by atoms with Crippen molar-refractivity contribution >= 4 is 17.5 Å². The van der Waals surface area contributed by atoms with Gasteiger partial charge in [0.15, 0.2) is 11.5 Å². The predicted octanol–water partition coefficient (Wildman–Crippen LogP) is 5.45. The maximum atomic E-state index is 13.6. The van der Waals surface area contributed by atoms with Crippen LogP contribution in [0, 0.1) is 6.92 Å². The van der Waals surface area contributed by atoms with E-state index in [1.165, 1.54) is 0 Å². The molecule has 0 aliphatic carbocycles. The molecule has 154 valence electrons. The van der Waals surface area contributed by atoms with E-state index in [1.807, 2.05) is 72.5 Å². The molecular formula is C25H24ClNO3. The normalized spacial score (nSPS) is 15.5. The number of halogens is 1. The Bertz CT molecular complexity index is 1100. The Balaban J connectivity index is 1.89. The Hall–Kier alpha value is -2.98. The number of fused-ring (bicyclic) bond motifs is 1. The Morgan fingerprint density at radius 2 is 1.63 bits per heavy atom. The van der Waals surface area contributed by atoms with Crippen LogP contribution in [0.25, 0.3) is 0 Å². The van der Waals surface area contributed by atoms with Crippen LogP contribution in [0.1, 0.15) is 38.7 Å². The molecule has 1 amide bonds. The van der Waals surface area contributed by atoms with E-state index in [0.29, 0.717) is 28.6 Å². The summed E-state index contributed by atoms with van der Waals surface area (Å²) in [5.74, 6) is 1.32. The van der Waals surface area contributed by atoms with Gasteiger partial charge < -0.3 is 14.4 Å². The molecule has 0 radical (unpaired) electrons. The van der Waals surface area contributed by atoms with Gasteiger partial charge in [-0.1, -0.05) is 48.0 Å². The number of nitrogens with zero attached hydrogens (tertiary/aromatic N) is 1. The van der Waals surface area contributed by atoms with Crippen molar-refractivity contribution in [3.05, 3.63) is 93.5 Å². The van der Waals surface area contributed by atoms with Gasteiger partial charge in [-0.2, -0.15) is 0 Å². The van der Waals surface area contributed by atoms with Crippen LogP contribution >= 0.6 is 11.6 Å². The van der Waals surface area contributed by atoms with Gasteiger partial charge >= 0.3 is 0 Å². The molecule has 30 heavy (non-hydrogen) atoms. The molecule has 0 N–H and O–H groups in total. The number of hydrogen-bond acceptors (Lipinski definition) is 3. The van der Waals surface area contributed by atoms with Crippen molar-refractivity contribution in [1.82, 2.24) is 4.90 Å². The average molecular weight is 422 g/mol. The molecule has 0 unspecified atom stereocenters. The highest BCUT2D eigenvalue weighted by Crippen LogP contribution is 2.43. The Kier molecular flexibility index (Phi) is 5.69. The molecule has 1 aliphatic heterocycles. The van der Waals surface area contributed by atoms with Gasteiger partial charge in [-0.15, -0.1) is 0 Å². The molecular weight excluding hydrogens is 398 g/mol. The number of aryl methyl sites for hydroxylation is 1. The standard InChI is InChI=1S/C25H24ClNO3/c1-16-8-4-5-9-18(16)25(28)27-13-12-17-14-22(29-2)23(30-3)15-20(17)24(27)19-10-6-7-11-21(19)26/h4-11,14-15,24H,12-13H2,1-3H3/t24-/m1/s1. The molecule has 0 bridgehead atoms. The van der Waals surface area contributed by atoms with Crippen LogP contribution < -0.4 is 9.47 Å². The third kappa shape index (κ3) is 3.52. The zero-order valence-corrected chi connectivity index (χ0v) is 18.1. The molecule has 1 aliphatic rings. The fourth-order valence-corrected chi connectivity index (χ4v) is 4.40. The minimum atomic E-state index is -0.311. The molecule has 0 aromatic heterocycles. The number of benzene rings is 3. The highest BCUT2D eigenvalue weighted by molar-refractivity contribution is 6.31. The number of hydrogen-bond donors (Lipinski definition) is 0. The van der Waals surface area contributed by atoms with E-state index in [9.17, 15) is 4.79 Å². The molecule has 0 saturated heterocycles. The second-order valence-electron chi connectivity index (χ2n) is 7.39. The highest BCUT2D eigenvalue weighted by Gasteiger charge is 2.35. The first-order valence-corrected chi connectivity index (χ1v) is 10.3. The summed E-state index contributed by atoms with van der Waals surface area (Å²) in [5, 5.41) is 0.632. The van der Waals surface area contributed by atoms with Crippen LogP contribution in [0.3, 0.4) is 0 Å². The van der Waals surface area contributed by atoms with Crippen molar-refractivity contribution in [3.63, 3.8) is 0 Å². The van der Waals surface area contributed by atoms with Gasteiger partial charge in [-0.25, -0.2) is 0 Å². The molecule has 0 saturated carbocycles. The average Bonchev–Trinajstić information content (AvgIpc) is 2.77. The Morgan fingerprint density at radius 1 is 0.967 bits per heavy atom. The van der Waals surface area contributed by atoms with E-state index < -0.39 is 0 Å². The first kappa shape index (κ1) is 20.3. The van der Waals surface area contributed by atoms with Crippen LogP contribution in [0.15, 0.2) is 60.7 Å². The number of rotatable bonds is 4. The lowest BCUT2D eigenvalue weighted by atomic mass is 9.87. The molecule has 5 heteroatoms. The topological polar surface area (TPSA) is 38.8 Å². The van der Waals surface area contributed by atoms with Crippen LogP contribution in [0.5, 0.6) is 11.5 Å². The molecule has 0 spiro atoms. The van der Waals surface area contributed by atoms with Crippen LogP contribution in [0.2, 0.25) is 5.02 Å². The van der Waals surface area contributed by atoms with E-state index in [2.05, 4.69) is 0 Å². The first-order chi connectivity index (χ1) is 14.5. The molecule has 3 aromatic rings. The van der Waals surface area contributed by atoms with E-state index in [1.54, 1.807) is 14.2 Å². The van der Waals surface area contributed by atoms with E-state index in [0.717, 1.165) is 28.7 Å². The van der Waals surface area contributed by atoms with Crippen LogP contribution in [0.4, 0.5) is 0 Å². The van der Waals surface area contributed by atoms with Crippen molar-refractivity contribution in [1.29, 1.82) is 0 Å². The lowest BCUT2D eigenvalue weighted by molar-refractivity contribution is 0.0693. The zero-order chi connectivity index (χ0) is 21.3. The zero-order valence-electron chi connectivity index (χ0n) is 17.3. The summed E-state index contributed by atoms with van der Waals surface area (Å²) < 4.78 is 11.0. The summed E-state index contributed by atoms with van der Waals surface area (Å²) in [7, 11) is 3.25. The van der Waals surface area contributed by atoms with Crippen molar-refractivity contribution in [2.45, 2.75) is 19.4 Å². The maximum Gasteiger partial charge on any atom is 0.254 e. The number of carbonyl (C=O) groups excluding carboxylic acids is 1. The van der Waals surface area contributed by atoms with Gasteiger partial charge in [0.2, 0.25) is 0 Å². The monoisotopic (exact) mass is 421 g/mol. The summed E-state index contributed by atoms with van der Waals surface area (Å²) in [6, 6.07) is 19.1. The van der Waals surface area contributed by atoms with Crippen molar-refractivity contribution in [2.75, 3.05) is 20.8 Å². The fourth-order valence-electron chi connectivity index (χ4n) is 4.16. The lowest BCUT2D eigenvalue weighted by Crippen LogP contribution is -2.41. The van der Waals surface area contributed by atoms with Crippen LogP contribution in [-0.4, -0.2) is 31.6 Å². The molecule has 3 aromatic carbocycles. The van der Waals surface area contributed by atoms with Gasteiger partial charge in [0, 0.05) is 17.1 Å². The summed E-state index contributed by atoms with van der Waals surface area (Å²) >= 11 is 6.61. The summed E-state index contributed by atoms with van der Waals surface area (Å²) in [6.07, 6.45) is 0.730. The Morgan fingerprint density at radius 3 is 2.33 bits per heavy atom. The number of amides is 1. The third-order valence-electron chi connectivity index (χ3n) is 5.71. The summed E-state index contributed by atoms with van der Waals surface area (Å²) in [5.41, 5.74) is 4.70. The van der Waals surface area contributed by atoms with E-state index in [-0.39, 0.29) is 11.9 Å². The maximum absolute atomic E-state index is 13.6. The second-order valence-corrected chi connectivity index (χ2v) is 7.80. The molecule has 1 atom stereocenters. The van der Waals surface area contributed by atoms with Gasteiger partial charge in [0.1, 0.15) is 0 Å². The van der Waals surface area contributed by atoms with E-state index in [4.69, 9.17) is 21.1 Å². The van der Waals surface area contributed by atoms with Gasteiger partial charge in [-0.05, 0) is 59.9 Å². The molecule has 0 fully saturated rings. The van der Waals surface area contributed by atoms with Gasteiger partial charge in [0.05, 0.1) is 20.3 Å². The number of ether oxygens (including phenoxy) is 2. The van der Waals surface area contributed by atoms with Crippen molar-refractivity contribution in [3.8, 4) is 11.5 Å². The molecule has 4 nitrogen and oxygen atoms in total. The highest BCUT2D eigenvalue weighted by atomic mass is 35.5. The first-order valence-electron chi connectivity index (χ1n) is 9.91. The predicted molar refractivity (Wildman–Crippen MR) is 119 cm³/mol. The second kappa shape index (κ2) is 8.41. The summed E-state index contributed by atoms with van der Waals surface area (Å²) in [4.78, 5) is 15.5. The SMILES string of the molecule is COc1cc2c(cc1OC)[C@@H](c1ccccc1Cl)N(C(=O)c1ccccc1C)CC2. The van der Waals surface area contributed by atoms with Crippen LogP contribution in [-0.2, 0) is 6.42 Å². The quantitative estimate of drug-likeness (QED) is 0.562. The van der Waals surface area contributed by atoms with Crippen molar-refractivity contribution < 1.29 is 14.3 Å². The van der Waals surface area contributed by atoms with E-state index >= 15 is 0 Å². The lowest BCUT2D eigenvalue weighted by Gasteiger charge is -2.38. The minimum absolute atomic E-state index is 0.00143. The number of methoxy groups -OCH3 is 2. The molecule has 4 rings (SSSR count). The summed E-state index contributed by atoms with van der Waals surface area (Å²) in [6.45, 7) is 2.55. The fraction of sp³-hybridized carbons (Fsp3) is 0.240. The number of carbonyl (C=O) groups is 1. The third-order valence-corrected chi connectivity index (χ3v) is 6.05. The Labute approximate surface area is 182 Å². The van der Waals surface area contributed by atoms with Crippen molar-refractivity contribution in [2.24, 2.45) is 0 Å². The van der Waals surface area contributed by atoms with Gasteiger partial charge in [0.25, 0.3) is 5.91 Å². The minimum Gasteiger partial charge on any atom is -0.493 e.